The van der Waals surface area contributed by atoms with Crippen molar-refractivity contribution in [1.29, 1.82) is 0 Å². The molecule has 2 N–H and O–H groups in total. The van der Waals surface area contributed by atoms with Gasteiger partial charge in [-0.05, 0) is 42.8 Å². The minimum Gasteiger partial charge on any atom is -0.395 e. The van der Waals surface area contributed by atoms with E-state index >= 15 is 0 Å². The highest BCUT2D eigenvalue weighted by Crippen LogP contribution is 2.23. The Kier molecular flexibility index (Phi) is 2.30. The number of fused-ring (bicyclic) bond motifs is 1. The number of hydrogen-bond acceptors (Lipinski definition) is 2. The molecule has 0 aliphatic carbocycles. The van der Waals surface area contributed by atoms with E-state index in [1.165, 1.54) is 12.1 Å². The molecule has 2 heterocycles. The predicted octanol–water partition coefficient (Wildman–Crippen LogP) is 3.03. The molecule has 0 bridgehead atoms. The van der Waals surface area contributed by atoms with E-state index in [0.717, 1.165) is 22.5 Å². The third-order valence-corrected chi connectivity index (χ3v) is 3.02. The van der Waals surface area contributed by atoms with Crippen LogP contribution in [0.5, 0.6) is 0 Å². The number of aromatic nitrogens is 2. The fourth-order valence-corrected chi connectivity index (χ4v) is 1.92. The Morgan fingerprint density at radius 3 is 2.61 bits per heavy atom. The topological polar surface area (TPSA) is 43.3 Å². The standard InChI is InChI=1S/C14H12FN3/c1-9-6-7-18-8-12(17-14(18)13(9)16)10-2-4-11(15)5-3-10/h2-8H,16H2,1H3. The summed E-state index contributed by atoms with van der Waals surface area (Å²) in [5.41, 5.74) is 10.0. The van der Waals surface area contributed by atoms with Crippen molar-refractivity contribution in [2.24, 2.45) is 0 Å². The molecule has 0 unspecified atom stereocenters. The Hall–Kier alpha value is -2.36. The lowest BCUT2D eigenvalue weighted by atomic mass is 10.2. The molecule has 3 rings (SSSR count). The smallest absolute Gasteiger partial charge is 0.160 e. The number of rotatable bonds is 1. The molecule has 0 amide bonds. The Morgan fingerprint density at radius 1 is 1.17 bits per heavy atom. The molecular weight excluding hydrogens is 229 g/mol. The van der Waals surface area contributed by atoms with Crippen LogP contribution in [-0.2, 0) is 0 Å². The minimum atomic E-state index is -0.252. The van der Waals surface area contributed by atoms with Crippen molar-refractivity contribution in [3.8, 4) is 11.3 Å². The summed E-state index contributed by atoms with van der Waals surface area (Å²) in [5, 5.41) is 0. The van der Waals surface area contributed by atoms with Crippen molar-refractivity contribution >= 4 is 11.3 Å². The number of nitrogen functional groups attached to an aromatic ring is 1. The van der Waals surface area contributed by atoms with E-state index in [9.17, 15) is 4.39 Å². The molecule has 0 radical (unpaired) electrons. The lowest BCUT2D eigenvalue weighted by Crippen LogP contribution is -1.94. The number of imidazole rings is 1. The van der Waals surface area contributed by atoms with Gasteiger partial charge in [0.1, 0.15) is 5.82 Å². The van der Waals surface area contributed by atoms with Crippen LogP contribution in [-0.4, -0.2) is 9.38 Å². The molecule has 0 atom stereocenters. The predicted molar refractivity (Wildman–Crippen MR) is 69.7 cm³/mol. The summed E-state index contributed by atoms with van der Waals surface area (Å²) in [4.78, 5) is 4.49. The zero-order chi connectivity index (χ0) is 12.7. The number of hydrogen-bond donors (Lipinski definition) is 1. The number of pyridine rings is 1. The molecule has 3 aromatic rings. The van der Waals surface area contributed by atoms with Crippen LogP contribution in [0.3, 0.4) is 0 Å². The number of halogens is 1. The third-order valence-electron chi connectivity index (χ3n) is 3.02. The van der Waals surface area contributed by atoms with Gasteiger partial charge in [0, 0.05) is 18.0 Å². The monoisotopic (exact) mass is 241 g/mol. The Balaban J connectivity index is 2.19. The lowest BCUT2D eigenvalue weighted by molar-refractivity contribution is 0.628. The molecule has 18 heavy (non-hydrogen) atoms. The summed E-state index contributed by atoms with van der Waals surface area (Å²) in [5.74, 6) is -0.252. The molecule has 2 aromatic heterocycles. The lowest BCUT2D eigenvalue weighted by Gasteiger charge is -2.00. The van der Waals surface area contributed by atoms with Crippen LogP contribution in [0.25, 0.3) is 16.9 Å². The van der Waals surface area contributed by atoms with E-state index in [-0.39, 0.29) is 5.82 Å². The first kappa shape index (κ1) is 10.8. The van der Waals surface area contributed by atoms with Gasteiger partial charge < -0.3 is 10.1 Å². The first-order chi connectivity index (χ1) is 8.65. The van der Waals surface area contributed by atoms with Crippen LogP contribution in [0.15, 0.2) is 42.7 Å². The summed E-state index contributed by atoms with van der Waals surface area (Å²) in [6, 6.07) is 8.21. The van der Waals surface area contributed by atoms with Crippen LogP contribution in [0.4, 0.5) is 10.1 Å². The van der Waals surface area contributed by atoms with E-state index in [2.05, 4.69) is 4.98 Å². The van der Waals surface area contributed by atoms with E-state index < -0.39 is 0 Å². The molecule has 1 aromatic carbocycles. The molecular formula is C14H12FN3. The summed E-state index contributed by atoms with van der Waals surface area (Å²) in [7, 11) is 0. The molecule has 0 fully saturated rings. The second kappa shape index (κ2) is 3.84. The average molecular weight is 241 g/mol. The van der Waals surface area contributed by atoms with Gasteiger partial charge in [-0.25, -0.2) is 9.37 Å². The van der Waals surface area contributed by atoms with E-state index in [1.807, 2.05) is 29.8 Å². The number of nitrogens with two attached hydrogens (primary N) is 1. The summed E-state index contributed by atoms with van der Waals surface area (Å²) in [6.45, 7) is 1.95. The van der Waals surface area contributed by atoms with Crippen LogP contribution in [0, 0.1) is 12.7 Å². The zero-order valence-corrected chi connectivity index (χ0v) is 9.89. The van der Waals surface area contributed by atoms with Crippen molar-refractivity contribution in [2.75, 3.05) is 5.73 Å². The Labute approximate surface area is 104 Å². The highest BCUT2D eigenvalue weighted by Gasteiger charge is 2.08. The van der Waals surface area contributed by atoms with Crippen LogP contribution in [0.2, 0.25) is 0 Å². The fourth-order valence-electron chi connectivity index (χ4n) is 1.92. The van der Waals surface area contributed by atoms with Gasteiger partial charge in [-0.3, -0.25) is 0 Å². The maximum absolute atomic E-state index is 12.9. The van der Waals surface area contributed by atoms with Gasteiger partial charge in [0.05, 0.1) is 11.4 Å². The SMILES string of the molecule is Cc1ccn2cc(-c3ccc(F)cc3)nc2c1N. The van der Waals surface area contributed by atoms with Crippen molar-refractivity contribution < 1.29 is 4.39 Å². The Bertz CT molecular complexity index is 714. The van der Waals surface area contributed by atoms with Gasteiger partial charge in [-0.15, -0.1) is 0 Å². The highest BCUT2D eigenvalue weighted by molar-refractivity contribution is 5.73. The quantitative estimate of drug-likeness (QED) is 0.711. The van der Waals surface area contributed by atoms with Gasteiger partial charge in [-0.1, -0.05) is 0 Å². The molecule has 0 saturated carbocycles. The highest BCUT2D eigenvalue weighted by atomic mass is 19.1. The molecule has 0 spiro atoms. The maximum Gasteiger partial charge on any atom is 0.160 e. The molecule has 0 saturated heterocycles. The van der Waals surface area contributed by atoms with Crippen LogP contribution < -0.4 is 5.73 Å². The van der Waals surface area contributed by atoms with Crippen LogP contribution in [0.1, 0.15) is 5.56 Å². The van der Waals surface area contributed by atoms with Crippen LogP contribution >= 0.6 is 0 Å². The third kappa shape index (κ3) is 1.62. The van der Waals surface area contributed by atoms with Crippen molar-refractivity contribution in [1.82, 2.24) is 9.38 Å². The number of nitrogens with zero attached hydrogens (tertiary/aromatic N) is 2. The van der Waals surface area contributed by atoms with Crippen molar-refractivity contribution in [3.05, 3.63) is 54.1 Å². The Morgan fingerprint density at radius 2 is 1.89 bits per heavy atom. The molecule has 90 valence electrons. The number of anilines is 1. The molecule has 4 heteroatoms. The zero-order valence-electron chi connectivity index (χ0n) is 9.89. The van der Waals surface area contributed by atoms with E-state index in [0.29, 0.717) is 5.69 Å². The van der Waals surface area contributed by atoms with Gasteiger partial charge in [-0.2, -0.15) is 0 Å². The minimum absolute atomic E-state index is 0.252. The second-order valence-corrected chi connectivity index (χ2v) is 4.28. The van der Waals surface area contributed by atoms with E-state index in [4.69, 9.17) is 5.73 Å². The van der Waals surface area contributed by atoms with E-state index in [1.54, 1.807) is 12.1 Å². The molecule has 3 nitrogen and oxygen atoms in total. The van der Waals surface area contributed by atoms with Gasteiger partial charge in [0.15, 0.2) is 5.65 Å². The van der Waals surface area contributed by atoms with Crippen molar-refractivity contribution in [2.45, 2.75) is 6.92 Å². The number of aryl methyl sites for hydroxylation is 1. The molecule has 0 aliphatic rings. The number of benzene rings is 1. The normalized spacial score (nSPS) is 11.0. The van der Waals surface area contributed by atoms with Gasteiger partial charge >= 0.3 is 0 Å². The summed E-state index contributed by atoms with van der Waals surface area (Å²) < 4.78 is 14.8. The summed E-state index contributed by atoms with van der Waals surface area (Å²) in [6.07, 6.45) is 3.80. The van der Waals surface area contributed by atoms with Gasteiger partial charge in [0.2, 0.25) is 0 Å². The fraction of sp³-hybridized carbons (Fsp3) is 0.0714. The summed E-state index contributed by atoms with van der Waals surface area (Å²) >= 11 is 0. The largest absolute Gasteiger partial charge is 0.395 e. The first-order valence-electron chi connectivity index (χ1n) is 5.65. The average Bonchev–Trinajstić information content (AvgIpc) is 2.80. The van der Waals surface area contributed by atoms with Gasteiger partial charge in [0.25, 0.3) is 0 Å². The maximum atomic E-state index is 12.9. The van der Waals surface area contributed by atoms with Crippen molar-refractivity contribution in [3.63, 3.8) is 0 Å². The second-order valence-electron chi connectivity index (χ2n) is 4.28. The molecule has 0 aliphatic heterocycles. The first-order valence-corrected chi connectivity index (χ1v) is 5.65.